The van der Waals surface area contributed by atoms with Gasteiger partial charge in [-0.15, -0.1) is 0 Å². The molecule has 0 bridgehead atoms. The minimum absolute atomic E-state index is 0.112. The average Bonchev–Trinajstić information content (AvgIpc) is 2.55. The van der Waals surface area contributed by atoms with Crippen LogP contribution >= 0.6 is 0 Å². The Labute approximate surface area is 129 Å². The van der Waals surface area contributed by atoms with Gasteiger partial charge in [0.15, 0.2) is 0 Å². The summed E-state index contributed by atoms with van der Waals surface area (Å²) >= 11 is 0. The van der Waals surface area contributed by atoms with E-state index in [2.05, 4.69) is 31.0 Å². The van der Waals surface area contributed by atoms with Crippen LogP contribution in [-0.4, -0.2) is 29.1 Å². The van der Waals surface area contributed by atoms with E-state index in [9.17, 15) is 0 Å². The first kappa shape index (κ1) is 16.5. The molecule has 1 aromatic carbocycles. The van der Waals surface area contributed by atoms with Crippen molar-refractivity contribution in [3.05, 3.63) is 35.4 Å². The number of rotatable bonds is 6. The molecule has 0 unspecified atom stereocenters. The second-order valence-corrected chi connectivity index (χ2v) is 6.61. The van der Waals surface area contributed by atoms with Gasteiger partial charge in [-0.3, -0.25) is 4.90 Å². The Bertz CT molecular complexity index is 421. The Balaban J connectivity index is 2.01. The van der Waals surface area contributed by atoms with Gasteiger partial charge in [0.25, 0.3) is 0 Å². The molecule has 1 aliphatic carbocycles. The number of benzene rings is 1. The molecule has 0 aromatic heterocycles. The molecule has 3 nitrogen and oxygen atoms in total. The van der Waals surface area contributed by atoms with Crippen LogP contribution in [0.3, 0.4) is 0 Å². The zero-order chi connectivity index (χ0) is 15.3. The SMILES string of the molecule is CCC1CCC(CN)(N(C)Cc2ccc(CO)cc2)CC1. The summed E-state index contributed by atoms with van der Waals surface area (Å²) in [6, 6.07) is 8.24. The van der Waals surface area contributed by atoms with Gasteiger partial charge < -0.3 is 10.8 Å². The molecular formula is C18H30N2O. The quantitative estimate of drug-likeness (QED) is 0.847. The summed E-state index contributed by atoms with van der Waals surface area (Å²) < 4.78 is 0. The summed E-state index contributed by atoms with van der Waals surface area (Å²) in [5.74, 6) is 0.891. The van der Waals surface area contributed by atoms with E-state index < -0.39 is 0 Å². The third-order valence-electron chi connectivity index (χ3n) is 5.43. The van der Waals surface area contributed by atoms with Crippen LogP contribution in [0.25, 0.3) is 0 Å². The highest BCUT2D eigenvalue weighted by Gasteiger charge is 2.36. The third kappa shape index (κ3) is 3.85. The monoisotopic (exact) mass is 290 g/mol. The molecule has 3 N–H and O–H groups in total. The van der Waals surface area contributed by atoms with Crippen LogP contribution < -0.4 is 5.73 Å². The van der Waals surface area contributed by atoms with Crippen molar-refractivity contribution in [1.82, 2.24) is 4.90 Å². The van der Waals surface area contributed by atoms with Crippen molar-refractivity contribution in [1.29, 1.82) is 0 Å². The van der Waals surface area contributed by atoms with E-state index >= 15 is 0 Å². The molecule has 2 rings (SSSR count). The molecule has 1 fully saturated rings. The molecule has 0 amide bonds. The molecule has 21 heavy (non-hydrogen) atoms. The third-order valence-corrected chi connectivity index (χ3v) is 5.43. The van der Waals surface area contributed by atoms with E-state index in [1.54, 1.807) is 0 Å². The lowest BCUT2D eigenvalue weighted by Gasteiger charge is -2.46. The summed E-state index contributed by atoms with van der Waals surface area (Å²) in [6.45, 7) is 4.09. The Morgan fingerprint density at radius 2 is 1.76 bits per heavy atom. The zero-order valence-electron chi connectivity index (χ0n) is 13.5. The number of hydrogen-bond acceptors (Lipinski definition) is 3. The summed E-state index contributed by atoms with van der Waals surface area (Å²) in [5.41, 5.74) is 8.58. The lowest BCUT2D eigenvalue weighted by molar-refractivity contribution is 0.0579. The largest absolute Gasteiger partial charge is 0.392 e. The first-order chi connectivity index (χ1) is 10.1. The van der Waals surface area contributed by atoms with Gasteiger partial charge in [-0.2, -0.15) is 0 Å². The van der Waals surface area contributed by atoms with Crippen molar-refractivity contribution in [2.75, 3.05) is 13.6 Å². The minimum Gasteiger partial charge on any atom is -0.392 e. The fourth-order valence-electron chi connectivity index (χ4n) is 3.56. The molecule has 0 spiro atoms. The van der Waals surface area contributed by atoms with Crippen LogP contribution in [0.2, 0.25) is 0 Å². The maximum absolute atomic E-state index is 9.11. The lowest BCUT2D eigenvalue weighted by Crippen LogP contribution is -2.53. The highest BCUT2D eigenvalue weighted by atomic mass is 16.3. The second kappa shape index (κ2) is 7.39. The standard InChI is InChI=1S/C18H30N2O/c1-3-15-8-10-18(14-19,11-9-15)20(2)12-16-4-6-17(13-21)7-5-16/h4-7,15,21H,3,8-14,19H2,1-2H3. The molecule has 0 heterocycles. The molecule has 0 atom stereocenters. The molecule has 1 aliphatic rings. The van der Waals surface area contributed by atoms with Gasteiger partial charge in [-0.1, -0.05) is 37.6 Å². The number of aliphatic hydroxyl groups excluding tert-OH is 1. The van der Waals surface area contributed by atoms with Gasteiger partial charge >= 0.3 is 0 Å². The van der Waals surface area contributed by atoms with Crippen molar-refractivity contribution in [3.8, 4) is 0 Å². The predicted octanol–water partition coefficient (Wildman–Crippen LogP) is 2.91. The van der Waals surface area contributed by atoms with Crippen LogP contribution in [0.4, 0.5) is 0 Å². The molecule has 118 valence electrons. The first-order valence-corrected chi connectivity index (χ1v) is 8.23. The topological polar surface area (TPSA) is 49.5 Å². The molecule has 0 radical (unpaired) electrons. The van der Waals surface area contributed by atoms with Gasteiger partial charge in [0, 0.05) is 18.6 Å². The number of likely N-dealkylation sites (N-methyl/N-ethyl adjacent to an activating group) is 1. The Hall–Kier alpha value is -0.900. The number of aliphatic hydroxyl groups is 1. The van der Waals surface area contributed by atoms with Gasteiger partial charge in [0.2, 0.25) is 0 Å². The molecule has 0 aliphatic heterocycles. The van der Waals surface area contributed by atoms with E-state index in [1.165, 1.54) is 37.7 Å². The van der Waals surface area contributed by atoms with Gasteiger partial charge in [-0.05, 0) is 49.8 Å². The van der Waals surface area contributed by atoms with E-state index in [0.29, 0.717) is 0 Å². The van der Waals surface area contributed by atoms with Crippen molar-refractivity contribution >= 4 is 0 Å². The Kier molecular flexibility index (Phi) is 5.80. The number of hydrogen-bond donors (Lipinski definition) is 2. The molecule has 0 saturated heterocycles. The van der Waals surface area contributed by atoms with E-state index in [1.807, 2.05) is 12.1 Å². The fourth-order valence-corrected chi connectivity index (χ4v) is 3.56. The normalized spacial score (nSPS) is 26.2. The Morgan fingerprint density at radius 1 is 1.19 bits per heavy atom. The molecule has 1 aromatic rings. The van der Waals surface area contributed by atoms with Crippen LogP contribution in [0.15, 0.2) is 24.3 Å². The van der Waals surface area contributed by atoms with Gasteiger partial charge in [0.05, 0.1) is 6.61 Å². The first-order valence-electron chi connectivity index (χ1n) is 8.23. The minimum atomic E-state index is 0.112. The average molecular weight is 290 g/mol. The zero-order valence-corrected chi connectivity index (χ0v) is 13.5. The van der Waals surface area contributed by atoms with Gasteiger partial charge in [-0.25, -0.2) is 0 Å². The number of nitrogens with two attached hydrogens (primary N) is 1. The van der Waals surface area contributed by atoms with Gasteiger partial charge in [0.1, 0.15) is 0 Å². The van der Waals surface area contributed by atoms with Crippen LogP contribution in [0.5, 0.6) is 0 Å². The predicted molar refractivity (Wildman–Crippen MR) is 87.9 cm³/mol. The number of nitrogens with zero attached hydrogens (tertiary/aromatic N) is 1. The van der Waals surface area contributed by atoms with E-state index in [-0.39, 0.29) is 12.1 Å². The maximum Gasteiger partial charge on any atom is 0.0681 e. The van der Waals surface area contributed by atoms with Crippen molar-refractivity contribution < 1.29 is 5.11 Å². The van der Waals surface area contributed by atoms with E-state index in [4.69, 9.17) is 10.8 Å². The van der Waals surface area contributed by atoms with Crippen molar-refractivity contribution in [2.45, 2.75) is 57.7 Å². The van der Waals surface area contributed by atoms with E-state index in [0.717, 1.165) is 24.6 Å². The molecule has 3 heteroatoms. The summed E-state index contributed by atoms with van der Waals surface area (Å²) in [6.07, 6.45) is 6.34. The van der Waals surface area contributed by atoms with Crippen LogP contribution in [-0.2, 0) is 13.2 Å². The lowest BCUT2D eigenvalue weighted by atomic mass is 9.74. The molecular weight excluding hydrogens is 260 g/mol. The highest BCUT2D eigenvalue weighted by molar-refractivity contribution is 5.22. The van der Waals surface area contributed by atoms with Crippen LogP contribution in [0.1, 0.15) is 50.2 Å². The smallest absolute Gasteiger partial charge is 0.0681 e. The fraction of sp³-hybridized carbons (Fsp3) is 0.667. The highest BCUT2D eigenvalue weighted by Crippen LogP contribution is 2.37. The summed E-state index contributed by atoms with van der Waals surface area (Å²) in [4.78, 5) is 2.45. The van der Waals surface area contributed by atoms with Crippen molar-refractivity contribution in [2.24, 2.45) is 11.7 Å². The van der Waals surface area contributed by atoms with Crippen LogP contribution in [0, 0.1) is 5.92 Å². The maximum atomic E-state index is 9.11. The van der Waals surface area contributed by atoms with Crippen molar-refractivity contribution in [3.63, 3.8) is 0 Å². The second-order valence-electron chi connectivity index (χ2n) is 6.61. The summed E-state index contributed by atoms with van der Waals surface area (Å²) in [5, 5.41) is 9.11. The Morgan fingerprint density at radius 3 is 2.24 bits per heavy atom. The summed E-state index contributed by atoms with van der Waals surface area (Å²) in [7, 11) is 2.21. The molecule has 1 saturated carbocycles.